The molecule has 1 aliphatic heterocycles. The fourth-order valence-corrected chi connectivity index (χ4v) is 3.90. The van der Waals surface area contributed by atoms with Crippen molar-refractivity contribution < 1.29 is 22.7 Å². The number of rotatable bonds is 6. The van der Waals surface area contributed by atoms with Crippen LogP contribution < -0.4 is 19.5 Å². The first-order chi connectivity index (χ1) is 12.9. The number of nitrogens with one attached hydrogen (secondary N) is 2. The summed E-state index contributed by atoms with van der Waals surface area (Å²) >= 11 is 0. The van der Waals surface area contributed by atoms with E-state index in [2.05, 4.69) is 15.0 Å². The van der Waals surface area contributed by atoms with Gasteiger partial charge in [-0.2, -0.15) is 0 Å². The summed E-state index contributed by atoms with van der Waals surface area (Å²) in [5.41, 5.74) is 1.30. The second-order valence-electron chi connectivity index (χ2n) is 5.73. The van der Waals surface area contributed by atoms with Gasteiger partial charge in [-0.3, -0.25) is 14.5 Å². The normalized spacial score (nSPS) is 15.7. The molecule has 1 aliphatic rings. The van der Waals surface area contributed by atoms with Crippen LogP contribution in [0.1, 0.15) is 11.1 Å². The van der Waals surface area contributed by atoms with Gasteiger partial charge in [0, 0.05) is 12.1 Å². The molecular weight excluding hydrogens is 370 g/mol. The molecule has 0 aromatic heterocycles. The number of aliphatic imine (C=N–C) groups is 1. The molecule has 2 N–H and O–H groups in total. The van der Waals surface area contributed by atoms with Crippen LogP contribution >= 0.6 is 0 Å². The van der Waals surface area contributed by atoms with E-state index in [0.717, 1.165) is 5.56 Å². The van der Waals surface area contributed by atoms with Crippen LogP contribution in [0.2, 0.25) is 0 Å². The molecule has 0 saturated heterocycles. The number of carbonyl (C=O) groups excluding carboxylic acids is 1. The van der Waals surface area contributed by atoms with Crippen LogP contribution in [0.4, 0.5) is 0 Å². The second kappa shape index (κ2) is 7.67. The van der Waals surface area contributed by atoms with E-state index in [0.29, 0.717) is 17.1 Å². The number of sulfonamides is 1. The summed E-state index contributed by atoms with van der Waals surface area (Å²) in [6, 6.07) is 11.8. The lowest BCUT2D eigenvalue weighted by atomic mass is 10.2. The van der Waals surface area contributed by atoms with Crippen LogP contribution in [0, 0.1) is 0 Å². The van der Waals surface area contributed by atoms with Gasteiger partial charge in [-0.15, -0.1) is 0 Å². The molecule has 0 fully saturated rings. The maximum absolute atomic E-state index is 12.1. The summed E-state index contributed by atoms with van der Waals surface area (Å²) < 4.78 is 36.8. The van der Waals surface area contributed by atoms with Crippen molar-refractivity contribution in [3.8, 4) is 11.5 Å². The highest BCUT2D eigenvalue weighted by atomic mass is 32.2. The van der Waals surface area contributed by atoms with E-state index in [4.69, 9.17) is 9.47 Å². The highest BCUT2D eigenvalue weighted by Crippen LogP contribution is 2.27. The van der Waals surface area contributed by atoms with Gasteiger partial charge in [-0.25, -0.2) is 8.42 Å². The minimum absolute atomic E-state index is 0.162. The van der Waals surface area contributed by atoms with E-state index in [9.17, 15) is 13.2 Å². The fourth-order valence-electron chi connectivity index (χ4n) is 2.65. The Bertz CT molecular complexity index is 1000. The molecule has 27 heavy (non-hydrogen) atoms. The highest BCUT2D eigenvalue weighted by molar-refractivity contribution is 7.90. The van der Waals surface area contributed by atoms with Crippen LogP contribution in [0.25, 0.3) is 0 Å². The SMILES string of the molecule is COc1ccc(CNC(=O)CN=C2NS(=O)(=O)c3ccccc32)cc1OC. The molecule has 2 aromatic carbocycles. The minimum atomic E-state index is -3.61. The molecule has 0 bridgehead atoms. The summed E-state index contributed by atoms with van der Waals surface area (Å²) in [4.78, 5) is 16.3. The Kier molecular flexibility index (Phi) is 5.31. The first-order valence-electron chi connectivity index (χ1n) is 8.09. The third-order valence-corrected chi connectivity index (χ3v) is 5.38. The van der Waals surface area contributed by atoms with Gasteiger partial charge in [-0.1, -0.05) is 18.2 Å². The summed E-state index contributed by atoms with van der Waals surface area (Å²) in [6.45, 7) is 0.0891. The molecule has 0 atom stereocenters. The number of hydrogen-bond donors (Lipinski definition) is 2. The molecule has 9 heteroatoms. The number of carbonyl (C=O) groups is 1. The number of hydrogen-bond acceptors (Lipinski definition) is 6. The van der Waals surface area contributed by atoms with Crippen molar-refractivity contribution in [2.75, 3.05) is 20.8 Å². The first-order valence-corrected chi connectivity index (χ1v) is 9.57. The van der Waals surface area contributed by atoms with Crippen molar-refractivity contribution in [2.24, 2.45) is 4.99 Å². The second-order valence-corrected chi connectivity index (χ2v) is 7.38. The van der Waals surface area contributed by atoms with Gasteiger partial charge >= 0.3 is 0 Å². The number of benzene rings is 2. The number of methoxy groups -OCH3 is 2. The third-order valence-electron chi connectivity index (χ3n) is 3.98. The Balaban J connectivity index is 1.63. The van der Waals surface area contributed by atoms with Crippen molar-refractivity contribution in [3.63, 3.8) is 0 Å². The van der Waals surface area contributed by atoms with Gasteiger partial charge in [0.2, 0.25) is 5.91 Å². The van der Waals surface area contributed by atoms with E-state index < -0.39 is 10.0 Å². The number of nitrogens with zero attached hydrogens (tertiary/aromatic N) is 1. The minimum Gasteiger partial charge on any atom is -0.493 e. The lowest BCUT2D eigenvalue weighted by Gasteiger charge is -2.10. The number of fused-ring (bicyclic) bond motifs is 1. The van der Waals surface area contributed by atoms with Gasteiger partial charge in [0.1, 0.15) is 12.4 Å². The van der Waals surface area contributed by atoms with Crippen molar-refractivity contribution >= 4 is 21.8 Å². The molecule has 1 heterocycles. The molecule has 0 saturated carbocycles. The average molecular weight is 389 g/mol. The Morgan fingerprint density at radius 1 is 1.11 bits per heavy atom. The predicted octanol–water partition coefficient (Wildman–Crippen LogP) is 1.06. The molecule has 2 aromatic rings. The smallest absolute Gasteiger partial charge is 0.263 e. The third kappa shape index (κ3) is 4.03. The van der Waals surface area contributed by atoms with Gasteiger partial charge < -0.3 is 14.8 Å². The molecule has 1 amide bonds. The van der Waals surface area contributed by atoms with Gasteiger partial charge in [-0.05, 0) is 29.8 Å². The quantitative estimate of drug-likeness (QED) is 0.768. The zero-order valence-electron chi connectivity index (χ0n) is 14.9. The van der Waals surface area contributed by atoms with Crippen molar-refractivity contribution in [1.82, 2.24) is 10.0 Å². The molecule has 0 spiro atoms. The fraction of sp³-hybridized carbons (Fsp3) is 0.222. The molecule has 142 valence electrons. The summed E-state index contributed by atoms with van der Waals surface area (Å²) in [7, 11) is -0.523. The number of amides is 1. The zero-order chi connectivity index (χ0) is 19.4. The maximum atomic E-state index is 12.1. The van der Waals surface area contributed by atoms with Crippen LogP contribution in [-0.4, -0.2) is 40.9 Å². The molecule has 3 rings (SSSR count). The van der Waals surface area contributed by atoms with Gasteiger partial charge in [0.05, 0.1) is 19.1 Å². The van der Waals surface area contributed by atoms with E-state index >= 15 is 0 Å². The predicted molar refractivity (Wildman–Crippen MR) is 99.6 cm³/mol. The van der Waals surface area contributed by atoms with E-state index in [1.54, 1.807) is 37.4 Å². The Labute approximate surface area is 157 Å². The summed E-state index contributed by atoms with van der Waals surface area (Å²) in [6.07, 6.45) is 0. The molecule has 8 nitrogen and oxygen atoms in total. The molecule has 0 aliphatic carbocycles. The molecule has 0 radical (unpaired) electrons. The number of amidine groups is 1. The summed E-state index contributed by atoms with van der Waals surface area (Å²) in [5.74, 6) is 1.01. The topological polar surface area (TPSA) is 106 Å². The van der Waals surface area contributed by atoms with Crippen LogP contribution in [0.3, 0.4) is 0 Å². The van der Waals surface area contributed by atoms with E-state index in [1.165, 1.54) is 13.2 Å². The zero-order valence-corrected chi connectivity index (χ0v) is 15.7. The monoisotopic (exact) mass is 389 g/mol. The Morgan fingerprint density at radius 2 is 1.85 bits per heavy atom. The van der Waals surface area contributed by atoms with Crippen molar-refractivity contribution in [2.45, 2.75) is 11.4 Å². The Hall–Kier alpha value is -3.07. The van der Waals surface area contributed by atoms with Crippen LogP contribution in [0.5, 0.6) is 11.5 Å². The average Bonchev–Trinajstić information content (AvgIpc) is 2.95. The molecular formula is C18H19N3O5S. The Morgan fingerprint density at radius 3 is 2.59 bits per heavy atom. The lowest BCUT2D eigenvalue weighted by Crippen LogP contribution is -2.28. The highest BCUT2D eigenvalue weighted by Gasteiger charge is 2.30. The van der Waals surface area contributed by atoms with Crippen molar-refractivity contribution in [1.29, 1.82) is 0 Å². The van der Waals surface area contributed by atoms with Crippen LogP contribution in [-0.2, 0) is 21.4 Å². The van der Waals surface area contributed by atoms with Crippen molar-refractivity contribution in [3.05, 3.63) is 53.6 Å². The largest absolute Gasteiger partial charge is 0.493 e. The van der Waals surface area contributed by atoms with Crippen LogP contribution in [0.15, 0.2) is 52.4 Å². The van der Waals surface area contributed by atoms with Gasteiger partial charge in [0.15, 0.2) is 11.5 Å². The standard InChI is InChI=1S/C18H19N3O5S/c1-25-14-8-7-12(9-15(14)26-2)10-19-17(22)11-20-18-13-5-3-4-6-16(13)27(23,24)21-18/h3-9H,10-11H2,1-2H3,(H,19,22)(H,20,21). The van der Waals surface area contributed by atoms with Gasteiger partial charge in [0.25, 0.3) is 10.0 Å². The van der Waals surface area contributed by atoms with E-state index in [1.807, 2.05) is 6.07 Å². The number of ether oxygens (including phenoxy) is 2. The first kappa shape index (κ1) is 18.7. The maximum Gasteiger partial charge on any atom is 0.263 e. The van der Waals surface area contributed by atoms with E-state index in [-0.39, 0.29) is 29.7 Å². The molecule has 0 unspecified atom stereocenters. The lowest BCUT2D eigenvalue weighted by molar-refractivity contribution is -0.119. The summed E-state index contributed by atoms with van der Waals surface area (Å²) in [5, 5.41) is 2.74.